The summed E-state index contributed by atoms with van der Waals surface area (Å²) in [5, 5.41) is 8.37. The number of carbonyl (C=O) groups is 4. The molecule has 10 heteroatoms. The minimum Gasteiger partial charge on any atom is -0.497 e. The Hall–Kier alpha value is -4.34. The molecule has 0 aliphatic carbocycles. The predicted octanol–water partition coefficient (Wildman–Crippen LogP) is 1.35. The molecular weight excluding hydrogens is 440 g/mol. The molecule has 0 bridgehead atoms. The summed E-state index contributed by atoms with van der Waals surface area (Å²) in [6.45, 7) is 0.738. The second kappa shape index (κ2) is 7.08. The molecule has 3 aliphatic heterocycles. The molecule has 6 rings (SSSR count). The van der Waals surface area contributed by atoms with Crippen LogP contribution in [0.4, 0.5) is 4.79 Å². The molecule has 2 fully saturated rings. The van der Waals surface area contributed by atoms with Gasteiger partial charge in [-0.2, -0.15) is 0 Å². The molecular formula is C24H20N4O6. The van der Waals surface area contributed by atoms with Gasteiger partial charge in [-0.3, -0.25) is 19.7 Å². The van der Waals surface area contributed by atoms with Crippen molar-refractivity contribution in [3.05, 3.63) is 64.9 Å². The van der Waals surface area contributed by atoms with Gasteiger partial charge in [0.2, 0.25) is 5.91 Å². The summed E-state index contributed by atoms with van der Waals surface area (Å²) in [5.41, 5.74) is 1.06. The largest absolute Gasteiger partial charge is 0.497 e. The number of carbonyl (C=O) groups excluding carboxylic acids is 4. The summed E-state index contributed by atoms with van der Waals surface area (Å²) < 4.78 is 11.2. The van der Waals surface area contributed by atoms with Crippen LogP contribution in [0.5, 0.6) is 5.75 Å². The maximum Gasteiger partial charge on any atom is 0.322 e. The third-order valence-electron chi connectivity index (χ3n) is 6.73. The molecule has 3 aromatic rings. The quantitative estimate of drug-likeness (QED) is 0.389. The number of hydrogen-bond donors (Lipinski definition) is 3. The Balaban J connectivity index is 1.37. The summed E-state index contributed by atoms with van der Waals surface area (Å²) in [7, 11) is 1.52. The summed E-state index contributed by atoms with van der Waals surface area (Å²) in [4.78, 5) is 51.7. The van der Waals surface area contributed by atoms with E-state index in [0.717, 1.165) is 11.1 Å². The van der Waals surface area contributed by atoms with Crippen molar-refractivity contribution in [1.82, 2.24) is 20.9 Å². The second-order valence-electron chi connectivity index (χ2n) is 8.70. The molecule has 0 spiro atoms. The van der Waals surface area contributed by atoms with Gasteiger partial charge in [0, 0.05) is 24.0 Å². The number of methoxy groups -OCH3 is 1. The Kier molecular flexibility index (Phi) is 4.22. The minimum absolute atomic E-state index is 0.0364. The number of amides is 5. The van der Waals surface area contributed by atoms with Crippen LogP contribution >= 0.6 is 0 Å². The Morgan fingerprint density at radius 2 is 1.97 bits per heavy atom. The maximum atomic E-state index is 13.1. The Labute approximate surface area is 193 Å². The van der Waals surface area contributed by atoms with E-state index in [2.05, 4.69) is 16.0 Å². The van der Waals surface area contributed by atoms with Crippen molar-refractivity contribution in [2.45, 2.75) is 18.0 Å². The number of fused-ring (bicyclic) bond motifs is 2. The van der Waals surface area contributed by atoms with Crippen molar-refractivity contribution in [1.29, 1.82) is 0 Å². The standard InChI is InChI=1S/C24H20N4O6/c1-33-15-4-2-13-10-28(21(30)16(13)8-15)11-24(22(31)26-23(32)27-24)19-7-14-6-12(3-5-18(14)34-19)17-9-25-20(17)29/h2-8,17H,9-11H2,1H3,(H,25,29)(H2,26,27,31,32)/t17?,24-/m0/s1. The predicted molar refractivity (Wildman–Crippen MR) is 118 cm³/mol. The van der Waals surface area contributed by atoms with Crippen LogP contribution in [0.25, 0.3) is 11.0 Å². The lowest BCUT2D eigenvalue weighted by molar-refractivity contribution is -0.127. The highest BCUT2D eigenvalue weighted by molar-refractivity contribution is 6.08. The van der Waals surface area contributed by atoms with Crippen LogP contribution in [-0.2, 0) is 21.7 Å². The van der Waals surface area contributed by atoms with E-state index in [1.54, 1.807) is 24.3 Å². The molecule has 1 unspecified atom stereocenters. The van der Waals surface area contributed by atoms with Gasteiger partial charge >= 0.3 is 6.03 Å². The molecule has 34 heavy (non-hydrogen) atoms. The van der Waals surface area contributed by atoms with Crippen molar-refractivity contribution < 1.29 is 28.3 Å². The highest BCUT2D eigenvalue weighted by Crippen LogP contribution is 2.36. The number of β-lactam (4-membered cyclic amide) rings is 1. The van der Waals surface area contributed by atoms with Crippen LogP contribution in [0.2, 0.25) is 0 Å². The molecule has 0 saturated carbocycles. The number of rotatable bonds is 5. The third-order valence-corrected chi connectivity index (χ3v) is 6.73. The average Bonchev–Trinajstić information content (AvgIpc) is 3.46. The van der Waals surface area contributed by atoms with E-state index < -0.39 is 17.5 Å². The number of benzene rings is 2. The van der Waals surface area contributed by atoms with Crippen molar-refractivity contribution in [3.8, 4) is 5.75 Å². The van der Waals surface area contributed by atoms with E-state index in [1.807, 2.05) is 18.2 Å². The van der Waals surface area contributed by atoms with Gasteiger partial charge in [0.15, 0.2) is 5.54 Å². The molecule has 0 radical (unpaired) electrons. The van der Waals surface area contributed by atoms with E-state index in [0.29, 0.717) is 28.8 Å². The van der Waals surface area contributed by atoms with Crippen LogP contribution in [0.15, 0.2) is 46.9 Å². The van der Waals surface area contributed by atoms with Gasteiger partial charge in [-0.25, -0.2) is 4.79 Å². The van der Waals surface area contributed by atoms with Crippen molar-refractivity contribution in [2.75, 3.05) is 20.2 Å². The molecule has 172 valence electrons. The molecule has 2 atom stereocenters. The fourth-order valence-electron chi connectivity index (χ4n) is 4.78. The first-order valence-corrected chi connectivity index (χ1v) is 10.8. The lowest BCUT2D eigenvalue weighted by atomic mass is 9.91. The van der Waals surface area contributed by atoms with Gasteiger partial charge in [-0.15, -0.1) is 0 Å². The molecule has 3 N–H and O–H groups in total. The van der Waals surface area contributed by atoms with E-state index in [4.69, 9.17) is 9.15 Å². The molecule has 2 saturated heterocycles. The maximum absolute atomic E-state index is 13.1. The number of urea groups is 1. The summed E-state index contributed by atoms with van der Waals surface area (Å²) >= 11 is 0. The third kappa shape index (κ3) is 2.88. The summed E-state index contributed by atoms with van der Waals surface area (Å²) in [6.07, 6.45) is 0. The normalized spacial score (nSPS) is 23.4. The van der Waals surface area contributed by atoms with Gasteiger partial charge in [0.05, 0.1) is 19.6 Å². The SMILES string of the molecule is COc1ccc2c(c1)C(=O)N(C[C@@]1(c3cc4cc(C5CNC5=O)ccc4o3)NC(=O)NC1=O)C2. The van der Waals surface area contributed by atoms with Crippen LogP contribution < -0.4 is 20.7 Å². The smallest absolute Gasteiger partial charge is 0.322 e. The fraction of sp³-hybridized carbons (Fsp3) is 0.250. The van der Waals surface area contributed by atoms with Gasteiger partial charge in [-0.1, -0.05) is 12.1 Å². The zero-order chi connectivity index (χ0) is 23.6. The molecule has 4 heterocycles. The van der Waals surface area contributed by atoms with E-state index in [1.165, 1.54) is 12.0 Å². The van der Waals surface area contributed by atoms with Crippen molar-refractivity contribution in [2.24, 2.45) is 0 Å². The Morgan fingerprint density at radius 3 is 2.65 bits per heavy atom. The van der Waals surface area contributed by atoms with Crippen LogP contribution in [0, 0.1) is 0 Å². The number of nitrogens with one attached hydrogen (secondary N) is 3. The molecule has 2 aromatic carbocycles. The van der Waals surface area contributed by atoms with E-state index >= 15 is 0 Å². The first-order chi connectivity index (χ1) is 16.4. The fourth-order valence-corrected chi connectivity index (χ4v) is 4.78. The summed E-state index contributed by atoms with van der Waals surface area (Å²) in [6, 6.07) is 11.7. The van der Waals surface area contributed by atoms with Crippen LogP contribution in [-0.4, -0.2) is 48.9 Å². The van der Waals surface area contributed by atoms with Crippen LogP contribution in [0.1, 0.15) is 33.2 Å². The van der Waals surface area contributed by atoms with Crippen LogP contribution in [0.3, 0.4) is 0 Å². The number of furan rings is 1. The molecule has 3 aliphatic rings. The van der Waals surface area contributed by atoms with E-state index in [-0.39, 0.29) is 36.6 Å². The number of ether oxygens (including phenoxy) is 1. The lowest BCUT2D eigenvalue weighted by Gasteiger charge is -2.29. The van der Waals surface area contributed by atoms with Crippen molar-refractivity contribution >= 4 is 34.7 Å². The Bertz CT molecular complexity index is 1410. The zero-order valence-electron chi connectivity index (χ0n) is 18.1. The zero-order valence-corrected chi connectivity index (χ0v) is 18.1. The highest BCUT2D eigenvalue weighted by atomic mass is 16.5. The minimum atomic E-state index is -1.59. The molecule has 5 amide bonds. The van der Waals surface area contributed by atoms with Gasteiger partial charge in [0.1, 0.15) is 17.1 Å². The first kappa shape index (κ1) is 20.3. The summed E-state index contributed by atoms with van der Waals surface area (Å²) in [5.74, 6) is -0.353. The van der Waals surface area contributed by atoms with Gasteiger partial charge in [0.25, 0.3) is 11.8 Å². The first-order valence-electron chi connectivity index (χ1n) is 10.8. The number of nitrogens with zero attached hydrogens (tertiary/aromatic N) is 1. The number of imide groups is 1. The highest BCUT2D eigenvalue weighted by Gasteiger charge is 2.53. The van der Waals surface area contributed by atoms with Gasteiger partial charge in [-0.05, 0) is 41.5 Å². The Morgan fingerprint density at radius 1 is 1.12 bits per heavy atom. The van der Waals surface area contributed by atoms with E-state index in [9.17, 15) is 19.2 Å². The number of hydrogen-bond acceptors (Lipinski definition) is 6. The average molecular weight is 460 g/mol. The van der Waals surface area contributed by atoms with Crippen molar-refractivity contribution in [3.63, 3.8) is 0 Å². The second-order valence-corrected chi connectivity index (χ2v) is 8.70. The topological polar surface area (TPSA) is 130 Å². The molecule has 10 nitrogen and oxygen atoms in total. The van der Waals surface area contributed by atoms with Gasteiger partial charge < -0.3 is 24.7 Å². The lowest BCUT2D eigenvalue weighted by Crippen LogP contribution is -2.52. The monoisotopic (exact) mass is 460 g/mol. The molecule has 1 aromatic heterocycles.